The third kappa shape index (κ3) is 7.24. The quantitative estimate of drug-likeness (QED) is 0.391. The van der Waals surface area contributed by atoms with Gasteiger partial charge in [0, 0.05) is 5.92 Å². The van der Waals surface area contributed by atoms with E-state index in [0.29, 0.717) is 6.42 Å². The van der Waals surface area contributed by atoms with Gasteiger partial charge in [0.05, 0.1) is 6.61 Å². The SMILES string of the molecule is CCCCCCN(CCCCCC)CCC(CO)(C(=O)O)C1C=CC=C1. The maximum atomic E-state index is 12.0. The van der Waals surface area contributed by atoms with Crippen LogP contribution in [0, 0.1) is 11.3 Å². The lowest BCUT2D eigenvalue weighted by molar-refractivity contribution is -0.154. The lowest BCUT2D eigenvalue weighted by Gasteiger charge is -2.34. The molecule has 0 aromatic rings. The topological polar surface area (TPSA) is 60.8 Å². The van der Waals surface area contributed by atoms with Crippen LogP contribution in [0.4, 0.5) is 0 Å². The summed E-state index contributed by atoms with van der Waals surface area (Å²) >= 11 is 0. The normalized spacial score (nSPS) is 16.5. The second-order valence-electron chi connectivity index (χ2n) is 7.63. The van der Waals surface area contributed by atoms with Gasteiger partial charge in [0.25, 0.3) is 0 Å². The van der Waals surface area contributed by atoms with Crippen molar-refractivity contribution in [1.29, 1.82) is 0 Å². The molecule has 0 fully saturated rings. The van der Waals surface area contributed by atoms with Gasteiger partial charge in [0.1, 0.15) is 5.41 Å². The number of rotatable bonds is 16. The summed E-state index contributed by atoms with van der Waals surface area (Å²) in [5.41, 5.74) is -1.10. The largest absolute Gasteiger partial charge is 0.481 e. The summed E-state index contributed by atoms with van der Waals surface area (Å²) in [5, 5.41) is 19.8. The van der Waals surface area contributed by atoms with Crippen molar-refractivity contribution >= 4 is 5.97 Å². The Bertz CT molecular complexity index is 423. The first-order valence-corrected chi connectivity index (χ1v) is 10.5. The number of aliphatic carboxylic acids is 1. The van der Waals surface area contributed by atoms with E-state index in [0.717, 1.165) is 19.6 Å². The van der Waals surface area contributed by atoms with Gasteiger partial charge in [-0.25, -0.2) is 0 Å². The van der Waals surface area contributed by atoms with Crippen molar-refractivity contribution in [2.24, 2.45) is 11.3 Å². The Labute approximate surface area is 160 Å². The van der Waals surface area contributed by atoms with E-state index < -0.39 is 11.4 Å². The molecular formula is C22H39NO3. The molecule has 1 unspecified atom stereocenters. The molecule has 26 heavy (non-hydrogen) atoms. The average Bonchev–Trinajstić information content (AvgIpc) is 3.17. The minimum atomic E-state index is -1.10. The number of hydrogen-bond acceptors (Lipinski definition) is 3. The molecule has 0 amide bonds. The Kier molecular flexibility index (Phi) is 11.5. The number of aliphatic hydroxyl groups is 1. The van der Waals surface area contributed by atoms with Crippen LogP contribution in [0.1, 0.15) is 71.6 Å². The summed E-state index contributed by atoms with van der Waals surface area (Å²) in [7, 11) is 0. The minimum absolute atomic E-state index is 0.216. The number of nitrogens with zero attached hydrogens (tertiary/aromatic N) is 1. The maximum absolute atomic E-state index is 12.0. The lowest BCUT2D eigenvalue weighted by Crippen LogP contribution is -2.43. The Balaban J connectivity index is 2.64. The highest BCUT2D eigenvalue weighted by atomic mass is 16.4. The summed E-state index contributed by atoms with van der Waals surface area (Å²) in [6.45, 7) is 6.92. The molecule has 0 bridgehead atoms. The number of carboxylic acid groups (broad SMARTS) is 1. The van der Waals surface area contributed by atoms with E-state index in [1.165, 1.54) is 51.4 Å². The fourth-order valence-electron chi connectivity index (χ4n) is 3.69. The van der Waals surface area contributed by atoms with Crippen LogP contribution < -0.4 is 0 Å². The van der Waals surface area contributed by atoms with Crippen LogP contribution in [0.25, 0.3) is 0 Å². The highest BCUT2D eigenvalue weighted by Crippen LogP contribution is 2.36. The van der Waals surface area contributed by atoms with E-state index in [1.807, 2.05) is 24.3 Å². The van der Waals surface area contributed by atoms with E-state index in [9.17, 15) is 15.0 Å². The molecule has 0 saturated heterocycles. The van der Waals surface area contributed by atoms with E-state index >= 15 is 0 Å². The van der Waals surface area contributed by atoms with E-state index in [-0.39, 0.29) is 12.5 Å². The first kappa shape index (κ1) is 22.9. The van der Waals surface area contributed by atoms with Crippen LogP contribution in [0.3, 0.4) is 0 Å². The smallest absolute Gasteiger partial charge is 0.312 e. The fraction of sp³-hybridized carbons (Fsp3) is 0.773. The van der Waals surface area contributed by atoms with Crippen LogP contribution >= 0.6 is 0 Å². The molecule has 2 N–H and O–H groups in total. The zero-order chi connectivity index (χ0) is 19.3. The van der Waals surface area contributed by atoms with Gasteiger partial charge in [-0.1, -0.05) is 76.7 Å². The first-order chi connectivity index (χ1) is 12.6. The molecule has 1 atom stereocenters. The van der Waals surface area contributed by atoms with Gasteiger partial charge in [-0.2, -0.15) is 0 Å². The van der Waals surface area contributed by atoms with Crippen molar-refractivity contribution in [2.45, 2.75) is 71.6 Å². The van der Waals surface area contributed by atoms with Crippen LogP contribution in [-0.2, 0) is 4.79 Å². The summed E-state index contributed by atoms with van der Waals surface area (Å²) in [5.74, 6) is -1.11. The first-order valence-electron chi connectivity index (χ1n) is 10.5. The number of allylic oxidation sites excluding steroid dienone is 4. The number of hydrogen-bond donors (Lipinski definition) is 2. The minimum Gasteiger partial charge on any atom is -0.481 e. The third-order valence-electron chi connectivity index (χ3n) is 5.62. The number of unbranched alkanes of at least 4 members (excludes halogenated alkanes) is 6. The summed E-state index contributed by atoms with van der Waals surface area (Å²) in [4.78, 5) is 14.4. The van der Waals surface area contributed by atoms with Gasteiger partial charge in [-0.05, 0) is 38.9 Å². The Morgan fingerprint density at radius 3 is 1.88 bits per heavy atom. The molecule has 0 saturated carbocycles. The average molecular weight is 366 g/mol. The Morgan fingerprint density at radius 1 is 0.923 bits per heavy atom. The molecule has 150 valence electrons. The second kappa shape index (κ2) is 13.1. The molecule has 0 heterocycles. The van der Waals surface area contributed by atoms with E-state index in [2.05, 4.69) is 18.7 Å². The second-order valence-corrected chi connectivity index (χ2v) is 7.63. The zero-order valence-electron chi connectivity index (χ0n) is 16.8. The van der Waals surface area contributed by atoms with Crippen LogP contribution in [0.5, 0.6) is 0 Å². The molecule has 1 aliphatic rings. The molecule has 1 rings (SSSR count). The van der Waals surface area contributed by atoms with Crippen molar-refractivity contribution in [1.82, 2.24) is 4.90 Å². The van der Waals surface area contributed by atoms with E-state index in [1.54, 1.807) is 0 Å². The van der Waals surface area contributed by atoms with Gasteiger partial charge in [-0.15, -0.1) is 0 Å². The lowest BCUT2D eigenvalue weighted by atomic mass is 9.73. The molecule has 0 aromatic heterocycles. The highest BCUT2D eigenvalue weighted by molar-refractivity contribution is 5.76. The van der Waals surface area contributed by atoms with Crippen molar-refractivity contribution < 1.29 is 15.0 Å². The van der Waals surface area contributed by atoms with Crippen LogP contribution in [0.15, 0.2) is 24.3 Å². The predicted molar refractivity (Wildman–Crippen MR) is 108 cm³/mol. The number of carboxylic acids is 1. The van der Waals surface area contributed by atoms with Crippen molar-refractivity contribution in [2.75, 3.05) is 26.2 Å². The summed E-state index contributed by atoms with van der Waals surface area (Å²) in [6.07, 6.45) is 17.8. The van der Waals surface area contributed by atoms with Crippen molar-refractivity contribution in [3.8, 4) is 0 Å². The molecule has 1 aliphatic carbocycles. The number of carbonyl (C=O) groups is 1. The third-order valence-corrected chi connectivity index (χ3v) is 5.62. The Hall–Kier alpha value is -1.13. The molecule has 4 heteroatoms. The molecule has 0 aliphatic heterocycles. The fourth-order valence-corrected chi connectivity index (χ4v) is 3.69. The summed E-state index contributed by atoms with van der Waals surface area (Å²) in [6, 6.07) is 0. The molecule has 0 spiro atoms. The number of aliphatic hydroxyl groups excluding tert-OH is 1. The van der Waals surface area contributed by atoms with Gasteiger partial charge >= 0.3 is 5.97 Å². The molecule has 4 nitrogen and oxygen atoms in total. The van der Waals surface area contributed by atoms with Gasteiger partial charge in [-0.3, -0.25) is 4.79 Å². The molecule has 0 aromatic carbocycles. The predicted octanol–water partition coefficient (Wildman–Crippen LogP) is 4.64. The van der Waals surface area contributed by atoms with Crippen molar-refractivity contribution in [3.05, 3.63) is 24.3 Å². The summed E-state index contributed by atoms with van der Waals surface area (Å²) < 4.78 is 0. The van der Waals surface area contributed by atoms with Crippen molar-refractivity contribution in [3.63, 3.8) is 0 Å². The van der Waals surface area contributed by atoms with Gasteiger partial charge < -0.3 is 15.1 Å². The molecular weight excluding hydrogens is 326 g/mol. The zero-order valence-corrected chi connectivity index (χ0v) is 16.8. The molecule has 0 radical (unpaired) electrons. The highest BCUT2D eigenvalue weighted by Gasteiger charge is 2.43. The van der Waals surface area contributed by atoms with Gasteiger partial charge in [0.2, 0.25) is 0 Å². The monoisotopic (exact) mass is 365 g/mol. The van der Waals surface area contributed by atoms with Crippen LogP contribution in [0.2, 0.25) is 0 Å². The van der Waals surface area contributed by atoms with E-state index in [4.69, 9.17) is 0 Å². The maximum Gasteiger partial charge on any atom is 0.312 e. The standard InChI is InChI=1S/C22H39NO3/c1-3-5-7-11-16-23(17-12-8-6-4-2)18-15-22(19-24,21(25)26)20-13-9-10-14-20/h9-10,13-14,20,24H,3-8,11-12,15-19H2,1-2H3,(H,25,26). The van der Waals surface area contributed by atoms with Gasteiger partial charge in [0.15, 0.2) is 0 Å². The van der Waals surface area contributed by atoms with Crippen LogP contribution in [-0.4, -0.2) is 47.3 Å². The Morgan fingerprint density at radius 2 is 1.46 bits per heavy atom.